The number of fused-ring (bicyclic) bond motifs is 3. The minimum atomic E-state index is -1.16. The van der Waals surface area contributed by atoms with E-state index in [0.717, 1.165) is 27.2 Å². The molecule has 0 heterocycles. The van der Waals surface area contributed by atoms with Crippen LogP contribution in [-0.2, 0) is 9.53 Å². The van der Waals surface area contributed by atoms with Crippen LogP contribution in [0, 0.1) is 12.3 Å². The third kappa shape index (κ3) is 4.76. The van der Waals surface area contributed by atoms with Gasteiger partial charge in [-0.05, 0) is 46.5 Å². The Hall–Kier alpha value is -4.57. The summed E-state index contributed by atoms with van der Waals surface area (Å²) in [5, 5.41) is 11.6. The molecular weight excluding hydrogens is 432 g/mol. The Balaban J connectivity index is 1.38. The highest BCUT2D eigenvalue weighted by atomic mass is 16.5. The number of nitrogens with zero attached hydrogens (tertiary/aromatic N) is 1. The zero-order valence-electron chi connectivity index (χ0n) is 18.2. The monoisotopic (exact) mass is 454 g/mol. The van der Waals surface area contributed by atoms with Crippen molar-refractivity contribution in [2.45, 2.75) is 5.92 Å². The number of anilines is 1. The van der Waals surface area contributed by atoms with Gasteiger partial charge in [0.05, 0.1) is 6.54 Å². The van der Waals surface area contributed by atoms with E-state index in [-0.39, 0.29) is 24.6 Å². The van der Waals surface area contributed by atoms with Crippen LogP contribution in [0.15, 0.2) is 72.8 Å². The molecule has 34 heavy (non-hydrogen) atoms. The average molecular weight is 454 g/mol. The lowest BCUT2D eigenvalue weighted by molar-refractivity contribution is -0.137. The second-order valence-electron chi connectivity index (χ2n) is 7.79. The van der Waals surface area contributed by atoms with E-state index in [4.69, 9.17) is 16.3 Å². The number of hydrogen-bond acceptors (Lipinski definition) is 4. The fourth-order valence-electron chi connectivity index (χ4n) is 4.10. The lowest BCUT2D eigenvalue weighted by Gasteiger charge is -2.18. The lowest BCUT2D eigenvalue weighted by atomic mass is 9.98. The topological polar surface area (TPSA) is 95.9 Å². The molecule has 0 saturated heterocycles. The molecule has 0 unspecified atom stereocenters. The third-order valence-electron chi connectivity index (χ3n) is 5.62. The molecule has 2 amide bonds. The van der Waals surface area contributed by atoms with Crippen LogP contribution in [0.1, 0.15) is 27.4 Å². The van der Waals surface area contributed by atoms with Crippen molar-refractivity contribution in [1.82, 2.24) is 4.90 Å². The molecule has 170 valence electrons. The first kappa shape index (κ1) is 22.6. The van der Waals surface area contributed by atoms with Gasteiger partial charge in [-0.1, -0.05) is 54.5 Å². The number of carbonyl (C=O) groups excluding carboxylic acids is 2. The van der Waals surface area contributed by atoms with Crippen LogP contribution >= 0.6 is 0 Å². The number of aliphatic carboxylic acids is 1. The summed E-state index contributed by atoms with van der Waals surface area (Å²) in [5.74, 6) is 0.571. The van der Waals surface area contributed by atoms with Crippen molar-refractivity contribution >= 4 is 23.7 Å². The Kier molecular flexibility index (Phi) is 6.60. The highest BCUT2D eigenvalue weighted by molar-refractivity contribution is 5.96. The summed E-state index contributed by atoms with van der Waals surface area (Å²) >= 11 is 0. The summed E-state index contributed by atoms with van der Waals surface area (Å²) < 4.78 is 5.52. The van der Waals surface area contributed by atoms with Gasteiger partial charge in [-0.3, -0.25) is 14.9 Å². The second-order valence-corrected chi connectivity index (χ2v) is 7.79. The van der Waals surface area contributed by atoms with E-state index in [1.165, 1.54) is 12.1 Å². The van der Waals surface area contributed by atoms with E-state index in [1.807, 2.05) is 36.4 Å². The number of carboxylic acid groups (broad SMARTS) is 1. The van der Waals surface area contributed by atoms with Crippen LogP contribution in [0.25, 0.3) is 11.1 Å². The molecule has 0 spiro atoms. The van der Waals surface area contributed by atoms with Gasteiger partial charge in [-0.25, -0.2) is 4.79 Å². The minimum absolute atomic E-state index is 0.0467. The highest BCUT2D eigenvalue weighted by Crippen LogP contribution is 2.44. The summed E-state index contributed by atoms with van der Waals surface area (Å²) in [4.78, 5) is 37.0. The molecule has 0 bridgehead atoms. The van der Waals surface area contributed by atoms with E-state index in [2.05, 4.69) is 23.4 Å². The smallest absolute Gasteiger partial charge is 0.411 e. The van der Waals surface area contributed by atoms with E-state index in [1.54, 1.807) is 12.1 Å². The van der Waals surface area contributed by atoms with E-state index >= 15 is 0 Å². The van der Waals surface area contributed by atoms with Gasteiger partial charge in [0.1, 0.15) is 13.2 Å². The molecule has 4 rings (SSSR count). The first-order chi connectivity index (χ1) is 16.5. The second kappa shape index (κ2) is 9.92. The van der Waals surface area contributed by atoms with Crippen molar-refractivity contribution in [2.75, 3.05) is 25.0 Å². The summed E-state index contributed by atoms with van der Waals surface area (Å²) in [5.41, 5.74) is 5.24. The lowest BCUT2D eigenvalue weighted by Crippen LogP contribution is -2.35. The van der Waals surface area contributed by atoms with Gasteiger partial charge in [0.2, 0.25) is 0 Å². The molecule has 1 aliphatic carbocycles. The van der Waals surface area contributed by atoms with Crippen LogP contribution in [0.3, 0.4) is 0 Å². The average Bonchev–Trinajstić information content (AvgIpc) is 3.16. The summed E-state index contributed by atoms with van der Waals surface area (Å²) in [6.07, 6.45) is 4.62. The molecule has 7 nitrogen and oxygen atoms in total. The van der Waals surface area contributed by atoms with E-state index < -0.39 is 24.5 Å². The van der Waals surface area contributed by atoms with Crippen molar-refractivity contribution in [3.63, 3.8) is 0 Å². The predicted molar refractivity (Wildman–Crippen MR) is 128 cm³/mol. The number of hydrogen-bond donors (Lipinski definition) is 2. The van der Waals surface area contributed by atoms with Crippen LogP contribution in [-0.4, -0.2) is 47.7 Å². The molecule has 0 aliphatic heterocycles. The number of terminal acetylenes is 1. The normalized spacial score (nSPS) is 11.6. The van der Waals surface area contributed by atoms with Gasteiger partial charge in [0, 0.05) is 17.2 Å². The van der Waals surface area contributed by atoms with Gasteiger partial charge < -0.3 is 14.7 Å². The zero-order valence-corrected chi connectivity index (χ0v) is 18.2. The van der Waals surface area contributed by atoms with Crippen LogP contribution in [0.4, 0.5) is 10.5 Å². The van der Waals surface area contributed by atoms with Crippen molar-refractivity contribution in [3.05, 3.63) is 89.5 Å². The number of carboxylic acids is 1. The van der Waals surface area contributed by atoms with Gasteiger partial charge in [0.15, 0.2) is 0 Å². The van der Waals surface area contributed by atoms with Crippen LogP contribution < -0.4 is 5.32 Å². The van der Waals surface area contributed by atoms with Crippen LogP contribution in [0.2, 0.25) is 0 Å². The molecule has 0 aromatic heterocycles. The summed E-state index contributed by atoms with van der Waals surface area (Å²) in [6, 6.07) is 22.2. The van der Waals surface area contributed by atoms with Gasteiger partial charge >= 0.3 is 12.1 Å². The molecule has 2 N–H and O–H groups in total. The molecule has 7 heteroatoms. The number of amides is 2. The quantitative estimate of drug-likeness (QED) is 0.522. The Morgan fingerprint density at radius 3 is 2.09 bits per heavy atom. The fourth-order valence-corrected chi connectivity index (χ4v) is 4.10. The molecule has 3 aromatic carbocycles. The largest absolute Gasteiger partial charge is 0.480 e. The maximum absolute atomic E-state index is 12.5. The van der Waals surface area contributed by atoms with Crippen molar-refractivity contribution in [3.8, 4) is 23.5 Å². The number of benzene rings is 3. The highest BCUT2D eigenvalue weighted by Gasteiger charge is 2.29. The Morgan fingerprint density at radius 2 is 1.53 bits per heavy atom. The van der Waals surface area contributed by atoms with E-state index in [0.29, 0.717) is 5.69 Å². The van der Waals surface area contributed by atoms with Gasteiger partial charge in [-0.15, -0.1) is 6.42 Å². The zero-order chi connectivity index (χ0) is 24.1. The molecule has 0 fully saturated rings. The number of carbonyl (C=O) groups is 3. The van der Waals surface area contributed by atoms with Gasteiger partial charge in [0.25, 0.3) is 5.91 Å². The predicted octanol–water partition coefficient (Wildman–Crippen LogP) is 4.21. The summed E-state index contributed by atoms with van der Waals surface area (Å²) in [6.45, 7) is -0.430. The number of nitrogens with one attached hydrogen (secondary N) is 1. The standard InChI is InChI=1S/C27H22N2O5/c1-2-15-29(16-25(30)31)26(32)18-11-13-19(14-12-18)28-27(33)34-17-24-22-9-5-3-7-20(22)21-8-4-6-10-23(21)24/h1,3-14,24H,15-17H2,(H,28,33)(H,30,31). The third-order valence-corrected chi connectivity index (χ3v) is 5.62. The molecule has 3 aromatic rings. The van der Waals surface area contributed by atoms with Crippen molar-refractivity contribution in [1.29, 1.82) is 0 Å². The van der Waals surface area contributed by atoms with Gasteiger partial charge in [-0.2, -0.15) is 0 Å². The number of rotatable bonds is 7. The maximum atomic E-state index is 12.5. The van der Waals surface area contributed by atoms with Crippen molar-refractivity contribution in [2.24, 2.45) is 0 Å². The van der Waals surface area contributed by atoms with Crippen LogP contribution in [0.5, 0.6) is 0 Å². The molecule has 0 atom stereocenters. The SMILES string of the molecule is C#CCN(CC(=O)O)C(=O)c1ccc(NC(=O)OCC2c3ccccc3-c3ccccc32)cc1. The molecule has 1 aliphatic rings. The first-order valence-corrected chi connectivity index (χ1v) is 10.6. The Labute approximate surface area is 197 Å². The molecular formula is C27H22N2O5. The van der Waals surface area contributed by atoms with E-state index in [9.17, 15) is 14.4 Å². The first-order valence-electron chi connectivity index (χ1n) is 10.6. The maximum Gasteiger partial charge on any atom is 0.411 e. The fraction of sp³-hybridized carbons (Fsp3) is 0.148. The van der Waals surface area contributed by atoms with Crippen molar-refractivity contribution < 1.29 is 24.2 Å². The Morgan fingerprint density at radius 1 is 0.941 bits per heavy atom. The minimum Gasteiger partial charge on any atom is -0.480 e. The summed E-state index contributed by atoms with van der Waals surface area (Å²) in [7, 11) is 0. The molecule has 0 radical (unpaired) electrons. The number of ether oxygens (including phenoxy) is 1. The Bertz CT molecular complexity index is 1230. The molecule has 0 saturated carbocycles.